The Morgan fingerprint density at radius 1 is 1.23 bits per heavy atom. The minimum absolute atomic E-state index is 0.0308. The van der Waals surface area contributed by atoms with Crippen molar-refractivity contribution in [1.29, 1.82) is 0 Å². The molecule has 1 fully saturated rings. The van der Waals surface area contributed by atoms with Crippen molar-refractivity contribution >= 4 is 11.8 Å². The van der Waals surface area contributed by atoms with Gasteiger partial charge in [-0.1, -0.05) is 24.3 Å². The Kier molecular flexibility index (Phi) is 4.53. The van der Waals surface area contributed by atoms with Crippen molar-refractivity contribution in [3.05, 3.63) is 65.0 Å². The summed E-state index contributed by atoms with van der Waals surface area (Å²) in [5, 5.41) is 3.22. The van der Waals surface area contributed by atoms with Gasteiger partial charge in [0.1, 0.15) is 11.6 Å². The normalized spacial score (nSPS) is 26.8. The molecule has 2 amide bonds. The molecule has 156 valence electrons. The number of carbonyl (C=O) groups is 2. The fraction of sp³-hybridized carbons (Fsp3) is 0.417. The molecule has 1 spiro atoms. The first-order valence-corrected chi connectivity index (χ1v) is 10.5. The maximum absolute atomic E-state index is 13.9. The summed E-state index contributed by atoms with van der Waals surface area (Å²) in [6, 6.07) is 12.4. The Morgan fingerprint density at radius 3 is 2.90 bits per heavy atom. The summed E-state index contributed by atoms with van der Waals surface area (Å²) in [4.78, 5) is 26.9. The highest BCUT2D eigenvalue weighted by Crippen LogP contribution is 2.60. The fourth-order valence-corrected chi connectivity index (χ4v) is 5.17. The van der Waals surface area contributed by atoms with E-state index in [1.54, 1.807) is 11.0 Å². The van der Waals surface area contributed by atoms with Crippen LogP contribution in [0.3, 0.4) is 0 Å². The van der Waals surface area contributed by atoms with Crippen LogP contribution in [0.4, 0.5) is 4.39 Å². The first-order valence-electron chi connectivity index (χ1n) is 10.5. The number of rotatable bonds is 2. The number of nitrogens with zero attached hydrogens (tertiary/aromatic N) is 1. The van der Waals surface area contributed by atoms with Gasteiger partial charge in [0, 0.05) is 36.9 Å². The molecule has 0 radical (unpaired) electrons. The average molecular weight is 408 g/mol. The Bertz CT molecular complexity index is 1020. The zero-order chi connectivity index (χ0) is 20.9. The number of ether oxygens (including phenoxy) is 1. The van der Waals surface area contributed by atoms with Gasteiger partial charge in [-0.2, -0.15) is 0 Å². The molecule has 0 saturated heterocycles. The minimum atomic E-state index is -0.329. The van der Waals surface area contributed by atoms with Crippen LogP contribution in [0.2, 0.25) is 0 Å². The van der Waals surface area contributed by atoms with Crippen molar-refractivity contribution in [2.75, 3.05) is 13.2 Å². The lowest BCUT2D eigenvalue weighted by atomic mass is 9.87. The monoisotopic (exact) mass is 408 g/mol. The highest BCUT2D eigenvalue weighted by Gasteiger charge is 2.61. The van der Waals surface area contributed by atoms with E-state index < -0.39 is 0 Å². The van der Waals surface area contributed by atoms with Crippen molar-refractivity contribution in [3.63, 3.8) is 0 Å². The van der Waals surface area contributed by atoms with Gasteiger partial charge in [0.15, 0.2) is 0 Å². The van der Waals surface area contributed by atoms with Gasteiger partial charge in [-0.3, -0.25) is 9.59 Å². The summed E-state index contributed by atoms with van der Waals surface area (Å²) >= 11 is 0. The number of amides is 2. The molecule has 6 heteroatoms. The maximum atomic E-state index is 13.9. The van der Waals surface area contributed by atoms with Gasteiger partial charge in [-0.15, -0.1) is 0 Å². The van der Waals surface area contributed by atoms with Gasteiger partial charge in [0.25, 0.3) is 0 Å². The molecule has 3 atom stereocenters. The van der Waals surface area contributed by atoms with Crippen molar-refractivity contribution in [2.24, 2.45) is 5.92 Å². The number of hydrogen-bond acceptors (Lipinski definition) is 3. The number of nitrogens with one attached hydrogen (secondary N) is 1. The molecular formula is C24H25FN2O3. The molecule has 2 aliphatic heterocycles. The van der Waals surface area contributed by atoms with Crippen LogP contribution >= 0.6 is 0 Å². The molecule has 30 heavy (non-hydrogen) atoms. The van der Waals surface area contributed by atoms with Crippen LogP contribution in [0.15, 0.2) is 42.5 Å². The quantitative estimate of drug-likeness (QED) is 0.828. The third-order valence-electron chi connectivity index (χ3n) is 6.91. The van der Waals surface area contributed by atoms with Gasteiger partial charge in [0.05, 0.1) is 12.6 Å². The van der Waals surface area contributed by atoms with E-state index in [9.17, 15) is 14.0 Å². The Morgan fingerprint density at radius 2 is 2.07 bits per heavy atom. The molecule has 5 rings (SSSR count). The SMILES string of the molecule is CC(=O)N1CC[C@@H](NC(=O)[C@@H]2C[C@]23CCOc2ccccc23)c2ccc(F)cc2C1. The summed E-state index contributed by atoms with van der Waals surface area (Å²) in [7, 11) is 0. The summed E-state index contributed by atoms with van der Waals surface area (Å²) < 4.78 is 19.6. The molecule has 2 heterocycles. The summed E-state index contributed by atoms with van der Waals surface area (Å²) in [6.45, 7) is 3.05. The predicted octanol–water partition coefficient (Wildman–Crippen LogP) is 3.48. The second kappa shape index (κ2) is 7.11. The van der Waals surface area contributed by atoms with E-state index in [2.05, 4.69) is 11.4 Å². The number of fused-ring (bicyclic) bond motifs is 3. The largest absolute Gasteiger partial charge is 0.493 e. The number of halogens is 1. The van der Waals surface area contributed by atoms with Crippen LogP contribution in [0.5, 0.6) is 5.75 Å². The van der Waals surface area contributed by atoms with Crippen molar-refractivity contribution in [2.45, 2.75) is 44.2 Å². The average Bonchev–Trinajstić information content (AvgIpc) is 3.47. The van der Waals surface area contributed by atoms with E-state index in [0.717, 1.165) is 35.3 Å². The van der Waals surface area contributed by atoms with Crippen molar-refractivity contribution in [1.82, 2.24) is 10.2 Å². The van der Waals surface area contributed by atoms with Crippen molar-refractivity contribution in [3.8, 4) is 5.75 Å². The molecule has 0 aromatic heterocycles. The molecule has 3 aliphatic rings. The van der Waals surface area contributed by atoms with Gasteiger partial charge in [-0.05, 0) is 48.6 Å². The first-order chi connectivity index (χ1) is 14.5. The lowest BCUT2D eigenvalue weighted by molar-refractivity contribution is -0.129. The summed E-state index contributed by atoms with van der Waals surface area (Å²) in [5.41, 5.74) is 2.65. The maximum Gasteiger partial charge on any atom is 0.224 e. The molecule has 1 aliphatic carbocycles. The van der Waals surface area contributed by atoms with Crippen LogP contribution in [0.25, 0.3) is 0 Å². The molecule has 1 saturated carbocycles. The van der Waals surface area contributed by atoms with Crippen molar-refractivity contribution < 1.29 is 18.7 Å². The number of hydrogen-bond donors (Lipinski definition) is 1. The van der Waals surface area contributed by atoms with E-state index in [-0.39, 0.29) is 35.0 Å². The van der Waals surface area contributed by atoms with E-state index in [1.807, 2.05) is 18.2 Å². The van der Waals surface area contributed by atoms with Gasteiger partial charge < -0.3 is 15.0 Å². The predicted molar refractivity (Wildman–Crippen MR) is 109 cm³/mol. The van der Waals surface area contributed by atoms with Gasteiger partial charge in [-0.25, -0.2) is 4.39 Å². The van der Waals surface area contributed by atoms with E-state index in [1.165, 1.54) is 19.1 Å². The van der Waals surface area contributed by atoms with E-state index >= 15 is 0 Å². The molecule has 5 nitrogen and oxygen atoms in total. The molecule has 0 bridgehead atoms. The number of benzene rings is 2. The van der Waals surface area contributed by atoms with Gasteiger partial charge >= 0.3 is 0 Å². The topological polar surface area (TPSA) is 58.6 Å². The third-order valence-corrected chi connectivity index (χ3v) is 6.91. The standard InChI is InChI=1S/C24H25FN2O3/c1-15(28)27-10-8-21(18-7-6-17(25)12-16(18)14-27)26-23(29)20-13-24(20)9-11-30-22-5-3-2-4-19(22)24/h2-7,12,20-21H,8-11,13-14H2,1H3,(H,26,29)/t20-,21+,24-/m0/s1. The van der Waals surface area contributed by atoms with E-state index in [0.29, 0.717) is 26.1 Å². The van der Waals surface area contributed by atoms with Gasteiger partial charge in [0.2, 0.25) is 11.8 Å². The lowest BCUT2D eigenvalue weighted by Gasteiger charge is -2.27. The lowest BCUT2D eigenvalue weighted by Crippen LogP contribution is -2.34. The fourth-order valence-electron chi connectivity index (χ4n) is 5.17. The zero-order valence-corrected chi connectivity index (χ0v) is 17.0. The molecule has 1 N–H and O–H groups in total. The first kappa shape index (κ1) is 19.1. The van der Waals surface area contributed by atoms with Crippen LogP contribution < -0.4 is 10.1 Å². The van der Waals surface area contributed by atoms with Crippen LogP contribution in [-0.2, 0) is 21.5 Å². The van der Waals surface area contributed by atoms with E-state index in [4.69, 9.17) is 4.74 Å². The van der Waals surface area contributed by atoms with Crippen LogP contribution in [0.1, 0.15) is 48.9 Å². The second-order valence-corrected chi connectivity index (χ2v) is 8.64. The molecule has 2 aromatic rings. The highest BCUT2D eigenvalue weighted by molar-refractivity contribution is 5.85. The molecule has 0 unspecified atom stereocenters. The highest BCUT2D eigenvalue weighted by atomic mass is 19.1. The Labute approximate surface area is 175 Å². The smallest absolute Gasteiger partial charge is 0.224 e. The molecule has 2 aromatic carbocycles. The summed E-state index contributed by atoms with van der Waals surface area (Å²) in [6.07, 6.45) is 2.28. The van der Waals surface area contributed by atoms with Crippen LogP contribution in [0, 0.1) is 11.7 Å². The second-order valence-electron chi connectivity index (χ2n) is 8.64. The Balaban J connectivity index is 1.38. The molecular weight excluding hydrogens is 383 g/mol. The number of carbonyl (C=O) groups excluding carboxylic acids is 2. The summed E-state index contributed by atoms with van der Waals surface area (Å²) in [5.74, 6) is 0.453. The minimum Gasteiger partial charge on any atom is -0.493 e. The third kappa shape index (κ3) is 3.15. The Hall–Kier alpha value is -2.89. The number of para-hydroxylation sites is 1. The zero-order valence-electron chi connectivity index (χ0n) is 17.0. The van der Waals surface area contributed by atoms with Crippen LogP contribution in [-0.4, -0.2) is 29.9 Å².